The summed E-state index contributed by atoms with van der Waals surface area (Å²) in [5.74, 6) is 1.47. The number of methoxy groups -OCH3 is 1. The smallest absolute Gasteiger partial charge is 0.219 e. The Kier molecular flexibility index (Phi) is 3.64. The molecule has 3 rings (SSSR count). The van der Waals surface area contributed by atoms with E-state index in [0.29, 0.717) is 24.6 Å². The Morgan fingerprint density at radius 2 is 2.30 bits per heavy atom. The number of rotatable bonds is 3. The first-order valence-electron chi connectivity index (χ1n) is 6.95. The first-order valence-corrected chi connectivity index (χ1v) is 7.73. The number of likely N-dealkylation sites (tertiary alicyclic amines) is 1. The highest BCUT2D eigenvalue weighted by molar-refractivity contribution is 7.09. The van der Waals surface area contributed by atoms with Crippen LogP contribution in [0.25, 0.3) is 0 Å². The maximum absolute atomic E-state index is 11.6. The van der Waals surface area contributed by atoms with Gasteiger partial charge in [-0.05, 0) is 13.3 Å². The van der Waals surface area contributed by atoms with Gasteiger partial charge in [-0.3, -0.25) is 4.79 Å². The molecule has 0 saturated carbocycles. The number of carbonyl (C=O) groups excluding carboxylic acids is 1. The lowest BCUT2D eigenvalue weighted by atomic mass is 10.0. The molecule has 1 aromatic heterocycles. The van der Waals surface area contributed by atoms with E-state index in [9.17, 15) is 4.79 Å². The Labute approximate surface area is 122 Å². The molecule has 20 heavy (non-hydrogen) atoms. The normalized spacial score (nSPS) is 29.1. The van der Waals surface area contributed by atoms with Gasteiger partial charge in [-0.1, -0.05) is 0 Å². The minimum Gasteiger partial charge on any atom is -0.377 e. The van der Waals surface area contributed by atoms with Gasteiger partial charge in [0, 0.05) is 50.6 Å². The Hall–Kier alpha value is -1.21. The van der Waals surface area contributed by atoms with E-state index in [0.717, 1.165) is 30.5 Å². The number of anilines is 1. The lowest BCUT2D eigenvalue weighted by Gasteiger charge is -2.27. The second-order valence-electron chi connectivity index (χ2n) is 5.67. The molecule has 110 valence electrons. The molecule has 2 aliphatic heterocycles. The zero-order valence-corrected chi connectivity index (χ0v) is 12.9. The molecule has 7 heteroatoms. The fraction of sp³-hybridized carbons (Fsp3) is 0.769. The van der Waals surface area contributed by atoms with Gasteiger partial charge >= 0.3 is 0 Å². The fourth-order valence-corrected chi connectivity index (χ4v) is 4.24. The van der Waals surface area contributed by atoms with E-state index in [4.69, 9.17) is 4.74 Å². The standard InChI is InChI=1S/C13H20N4O2S/c1-8-4-10-5-16(9(2)18)6-11(10)17(8)13-14-12(7-19-3)15-20-13/h8,10-11H,4-7H2,1-3H3. The summed E-state index contributed by atoms with van der Waals surface area (Å²) in [6.07, 6.45) is 1.12. The molecule has 1 aromatic rings. The van der Waals surface area contributed by atoms with Crippen LogP contribution in [0.3, 0.4) is 0 Å². The second-order valence-corrected chi connectivity index (χ2v) is 6.40. The summed E-state index contributed by atoms with van der Waals surface area (Å²) >= 11 is 1.43. The number of nitrogens with zero attached hydrogens (tertiary/aromatic N) is 4. The summed E-state index contributed by atoms with van der Waals surface area (Å²) in [7, 11) is 1.65. The molecule has 0 bridgehead atoms. The summed E-state index contributed by atoms with van der Waals surface area (Å²) in [6.45, 7) is 6.02. The molecule has 0 spiro atoms. The predicted octanol–water partition coefficient (Wildman–Crippen LogP) is 1.13. The van der Waals surface area contributed by atoms with E-state index in [-0.39, 0.29) is 5.91 Å². The minimum absolute atomic E-state index is 0.171. The first-order chi connectivity index (χ1) is 9.60. The number of carbonyl (C=O) groups is 1. The summed E-state index contributed by atoms with van der Waals surface area (Å²) in [5.41, 5.74) is 0. The van der Waals surface area contributed by atoms with Crippen LogP contribution in [0, 0.1) is 5.92 Å². The number of ether oxygens (including phenoxy) is 1. The maximum atomic E-state index is 11.6. The van der Waals surface area contributed by atoms with Crippen LogP contribution in [-0.4, -0.2) is 52.4 Å². The van der Waals surface area contributed by atoms with Crippen molar-refractivity contribution < 1.29 is 9.53 Å². The van der Waals surface area contributed by atoms with Crippen LogP contribution in [-0.2, 0) is 16.1 Å². The Balaban J connectivity index is 1.79. The van der Waals surface area contributed by atoms with Crippen molar-refractivity contribution in [3.63, 3.8) is 0 Å². The van der Waals surface area contributed by atoms with Gasteiger partial charge in [0.1, 0.15) is 6.61 Å². The van der Waals surface area contributed by atoms with Crippen LogP contribution in [0.2, 0.25) is 0 Å². The van der Waals surface area contributed by atoms with Crippen LogP contribution in [0.15, 0.2) is 0 Å². The highest BCUT2D eigenvalue weighted by Crippen LogP contribution is 2.39. The molecule has 0 aromatic carbocycles. The SMILES string of the molecule is COCc1nsc(N2C(C)CC3CN(C(C)=O)CC32)n1. The molecular formula is C13H20N4O2S. The van der Waals surface area contributed by atoms with Gasteiger partial charge in [0.15, 0.2) is 5.82 Å². The van der Waals surface area contributed by atoms with Crippen LogP contribution in [0.5, 0.6) is 0 Å². The van der Waals surface area contributed by atoms with E-state index in [1.165, 1.54) is 11.5 Å². The van der Waals surface area contributed by atoms with Gasteiger partial charge in [-0.15, -0.1) is 0 Å². The molecule has 2 fully saturated rings. The topological polar surface area (TPSA) is 58.6 Å². The molecule has 1 amide bonds. The highest BCUT2D eigenvalue weighted by atomic mass is 32.1. The molecule has 3 atom stereocenters. The van der Waals surface area contributed by atoms with Crippen molar-refractivity contribution in [3.05, 3.63) is 5.82 Å². The molecule has 2 aliphatic rings. The minimum atomic E-state index is 0.171. The third-order valence-electron chi connectivity index (χ3n) is 4.28. The van der Waals surface area contributed by atoms with E-state index >= 15 is 0 Å². The Bertz CT molecular complexity index is 506. The van der Waals surface area contributed by atoms with Gasteiger partial charge < -0.3 is 14.5 Å². The van der Waals surface area contributed by atoms with Crippen molar-refractivity contribution in [2.75, 3.05) is 25.1 Å². The number of amides is 1. The molecule has 0 N–H and O–H groups in total. The fourth-order valence-electron chi connectivity index (χ4n) is 3.40. The Morgan fingerprint density at radius 1 is 1.50 bits per heavy atom. The van der Waals surface area contributed by atoms with Crippen LogP contribution < -0.4 is 4.90 Å². The monoisotopic (exact) mass is 296 g/mol. The third kappa shape index (κ3) is 2.29. The summed E-state index contributed by atoms with van der Waals surface area (Å²) < 4.78 is 9.41. The lowest BCUT2D eigenvalue weighted by Crippen LogP contribution is -2.39. The molecule has 3 unspecified atom stereocenters. The molecule has 6 nitrogen and oxygen atoms in total. The van der Waals surface area contributed by atoms with Gasteiger partial charge in [-0.2, -0.15) is 4.37 Å². The summed E-state index contributed by atoms with van der Waals surface area (Å²) in [4.78, 5) is 20.4. The Morgan fingerprint density at radius 3 is 3.00 bits per heavy atom. The molecule has 0 radical (unpaired) electrons. The van der Waals surface area contributed by atoms with Crippen molar-refractivity contribution in [2.24, 2.45) is 5.92 Å². The van der Waals surface area contributed by atoms with E-state index in [1.807, 2.05) is 4.90 Å². The lowest BCUT2D eigenvalue weighted by molar-refractivity contribution is -0.128. The van der Waals surface area contributed by atoms with E-state index < -0.39 is 0 Å². The van der Waals surface area contributed by atoms with Crippen molar-refractivity contribution in [1.82, 2.24) is 14.3 Å². The van der Waals surface area contributed by atoms with Gasteiger partial charge in [0.2, 0.25) is 11.0 Å². The van der Waals surface area contributed by atoms with Gasteiger partial charge in [0.05, 0.1) is 6.04 Å². The first kappa shape index (κ1) is 13.8. The average Bonchev–Trinajstić information content (AvgIpc) is 3.03. The van der Waals surface area contributed by atoms with Gasteiger partial charge in [0.25, 0.3) is 0 Å². The second kappa shape index (κ2) is 5.29. The molecular weight excluding hydrogens is 276 g/mol. The zero-order chi connectivity index (χ0) is 14.3. The molecule has 0 aliphatic carbocycles. The van der Waals surface area contributed by atoms with Crippen molar-refractivity contribution in [3.8, 4) is 0 Å². The van der Waals surface area contributed by atoms with Crippen LogP contribution in [0.4, 0.5) is 5.13 Å². The van der Waals surface area contributed by atoms with Crippen molar-refractivity contribution in [2.45, 2.75) is 39.0 Å². The summed E-state index contributed by atoms with van der Waals surface area (Å²) in [5, 5.41) is 0.961. The van der Waals surface area contributed by atoms with Gasteiger partial charge in [-0.25, -0.2) is 4.98 Å². The van der Waals surface area contributed by atoms with E-state index in [2.05, 4.69) is 21.2 Å². The number of aromatic nitrogens is 2. The highest BCUT2D eigenvalue weighted by Gasteiger charge is 2.46. The van der Waals surface area contributed by atoms with Crippen LogP contribution >= 0.6 is 11.5 Å². The number of fused-ring (bicyclic) bond motifs is 1. The zero-order valence-electron chi connectivity index (χ0n) is 12.1. The third-order valence-corrected chi connectivity index (χ3v) is 5.05. The quantitative estimate of drug-likeness (QED) is 0.837. The van der Waals surface area contributed by atoms with Crippen molar-refractivity contribution in [1.29, 1.82) is 0 Å². The average molecular weight is 296 g/mol. The summed E-state index contributed by atoms with van der Waals surface area (Å²) in [6, 6.07) is 0.847. The van der Waals surface area contributed by atoms with Crippen molar-refractivity contribution >= 4 is 22.6 Å². The largest absolute Gasteiger partial charge is 0.377 e. The van der Waals surface area contributed by atoms with Crippen LogP contribution in [0.1, 0.15) is 26.1 Å². The maximum Gasteiger partial charge on any atom is 0.219 e. The van der Waals surface area contributed by atoms with E-state index in [1.54, 1.807) is 14.0 Å². The number of hydrogen-bond acceptors (Lipinski definition) is 6. The molecule has 2 saturated heterocycles. The molecule has 3 heterocycles. The number of hydrogen-bond donors (Lipinski definition) is 0. The predicted molar refractivity (Wildman–Crippen MR) is 76.7 cm³/mol.